The van der Waals surface area contributed by atoms with Crippen molar-refractivity contribution in [2.45, 2.75) is 33.2 Å². The van der Waals surface area contributed by atoms with Gasteiger partial charge in [-0.1, -0.05) is 55.0 Å². The molecule has 0 radical (unpaired) electrons. The second-order valence-corrected chi connectivity index (χ2v) is 11.8. The van der Waals surface area contributed by atoms with Gasteiger partial charge in [-0.25, -0.2) is 9.97 Å². The van der Waals surface area contributed by atoms with E-state index in [9.17, 15) is 14.7 Å². The summed E-state index contributed by atoms with van der Waals surface area (Å²) < 4.78 is 8.49. The molecule has 1 aliphatic rings. The number of thiazole rings is 1. The van der Waals surface area contributed by atoms with Crippen molar-refractivity contribution in [3.8, 4) is 5.75 Å². The molecule has 0 bridgehead atoms. The van der Waals surface area contributed by atoms with Crippen molar-refractivity contribution in [3.63, 3.8) is 0 Å². The minimum atomic E-state index is -0.951. The Morgan fingerprint density at radius 3 is 2.73 bits per heavy atom. The van der Waals surface area contributed by atoms with Crippen molar-refractivity contribution in [2.24, 2.45) is 5.92 Å². The van der Waals surface area contributed by atoms with E-state index in [1.54, 1.807) is 35.7 Å². The summed E-state index contributed by atoms with van der Waals surface area (Å²) in [5.74, 6) is -0.801. The van der Waals surface area contributed by atoms with Crippen molar-refractivity contribution >= 4 is 61.4 Å². The van der Waals surface area contributed by atoms with Gasteiger partial charge in [0.25, 0.3) is 5.78 Å². The van der Waals surface area contributed by atoms with Gasteiger partial charge in [-0.15, -0.1) is 0 Å². The van der Waals surface area contributed by atoms with Crippen LogP contribution in [0.3, 0.4) is 0 Å². The number of pyridine rings is 1. The minimum Gasteiger partial charge on any atom is -0.505 e. The zero-order valence-corrected chi connectivity index (χ0v) is 24.2. The zero-order valence-electron chi connectivity index (χ0n) is 22.7. The van der Waals surface area contributed by atoms with Gasteiger partial charge in [0, 0.05) is 11.2 Å². The maximum atomic E-state index is 13.7. The Balaban J connectivity index is 1.54. The van der Waals surface area contributed by atoms with E-state index in [-0.39, 0.29) is 11.3 Å². The van der Waals surface area contributed by atoms with E-state index in [4.69, 9.17) is 16.3 Å². The van der Waals surface area contributed by atoms with Gasteiger partial charge in [-0.05, 0) is 67.3 Å². The topological polar surface area (TPSA) is 97.0 Å². The second-order valence-electron chi connectivity index (χ2n) is 10.4. The van der Waals surface area contributed by atoms with E-state index in [1.807, 2.05) is 42.5 Å². The summed E-state index contributed by atoms with van der Waals surface area (Å²) in [5.41, 5.74) is 2.71. The Bertz CT molecular complexity index is 1860. The quantitative estimate of drug-likeness (QED) is 0.126. The van der Waals surface area contributed by atoms with Crippen LogP contribution >= 0.6 is 22.9 Å². The number of carbonyl (C=O) groups is 2. The average molecular weight is 587 g/mol. The second kappa shape index (κ2) is 10.6. The lowest BCUT2D eigenvalue weighted by molar-refractivity contribution is -0.132. The molecule has 1 amide bonds. The summed E-state index contributed by atoms with van der Waals surface area (Å²) in [6.07, 6.45) is 2.64. The average Bonchev–Trinajstić information content (AvgIpc) is 3.58. The highest BCUT2D eigenvalue weighted by atomic mass is 35.5. The van der Waals surface area contributed by atoms with Crippen LogP contribution < -0.4 is 9.64 Å². The Labute approximate surface area is 245 Å². The molecule has 41 heavy (non-hydrogen) atoms. The Hall–Kier alpha value is -4.21. The van der Waals surface area contributed by atoms with E-state index >= 15 is 0 Å². The summed E-state index contributed by atoms with van der Waals surface area (Å²) in [6.45, 7) is 6.54. The van der Waals surface area contributed by atoms with Crippen LogP contribution in [0.2, 0.25) is 5.02 Å². The molecule has 1 atom stereocenters. The van der Waals surface area contributed by atoms with E-state index in [0.717, 1.165) is 11.1 Å². The Morgan fingerprint density at radius 2 is 1.93 bits per heavy atom. The number of aliphatic hydroxyl groups excluding tert-OH is 1. The summed E-state index contributed by atoms with van der Waals surface area (Å²) in [6, 6.07) is 17.1. The Kier molecular flexibility index (Phi) is 7.01. The van der Waals surface area contributed by atoms with Crippen LogP contribution in [-0.4, -0.2) is 37.8 Å². The van der Waals surface area contributed by atoms with Crippen LogP contribution in [-0.2, 0) is 9.59 Å². The number of amides is 1. The number of ether oxygens (including phenoxy) is 1. The number of anilines is 1. The number of Topliss-reactive ketones (excluding diaryl/α,β-unsaturated/α-hetero) is 1. The molecule has 1 saturated heterocycles. The lowest BCUT2D eigenvalue weighted by Crippen LogP contribution is -2.29. The maximum absolute atomic E-state index is 13.7. The van der Waals surface area contributed by atoms with Crippen LogP contribution in [0.4, 0.5) is 5.13 Å². The summed E-state index contributed by atoms with van der Waals surface area (Å²) in [7, 11) is 0. The van der Waals surface area contributed by atoms with Crippen LogP contribution in [0.15, 0.2) is 72.4 Å². The zero-order chi connectivity index (χ0) is 28.8. The van der Waals surface area contributed by atoms with E-state index < -0.39 is 17.7 Å². The predicted molar refractivity (Wildman–Crippen MR) is 161 cm³/mol. The fraction of sp³-hybridized carbons (Fsp3) is 0.226. The number of carbonyl (C=O) groups excluding carboxylic acids is 2. The lowest BCUT2D eigenvalue weighted by Gasteiger charge is -2.23. The van der Waals surface area contributed by atoms with Gasteiger partial charge in [-0.3, -0.25) is 18.9 Å². The molecule has 0 spiro atoms. The highest BCUT2D eigenvalue weighted by molar-refractivity contribution is 7.22. The van der Waals surface area contributed by atoms with E-state index in [1.165, 1.54) is 16.2 Å². The molecule has 3 aromatic heterocycles. The summed E-state index contributed by atoms with van der Waals surface area (Å²) in [5, 5.41) is 12.6. The third-order valence-electron chi connectivity index (χ3n) is 7.06. The molecule has 1 N–H and O–H groups in total. The molecular weight excluding hydrogens is 560 g/mol. The molecule has 1 fully saturated rings. The van der Waals surface area contributed by atoms with Gasteiger partial charge in [-0.2, -0.15) is 0 Å². The molecule has 1 unspecified atom stereocenters. The van der Waals surface area contributed by atoms with Crippen LogP contribution in [0.25, 0.3) is 21.6 Å². The minimum absolute atomic E-state index is 0.0413. The molecule has 0 aliphatic carbocycles. The molecule has 5 aromatic rings. The standard InChI is InChI=1S/C31H27ClN4O4S/c1-17(2)12-14-40-21-8-6-7-19(15-21)27-25(28(37)26-18(3)33-24-9-4-5-13-35(24)26)29(38)30(39)36(27)31-34-22-11-10-20(32)16-23(22)41-31/h4-11,13,15-17,27,37H,12,14H2,1-3H3. The SMILES string of the molecule is Cc1nc2ccccn2c1C(O)=C1C(=O)C(=O)N(c2nc3ccc(Cl)cc3s2)C1c1cccc(OCCC(C)C)c1. The first-order valence-electron chi connectivity index (χ1n) is 13.3. The predicted octanol–water partition coefficient (Wildman–Crippen LogP) is 6.96. The number of rotatable bonds is 7. The van der Waals surface area contributed by atoms with Gasteiger partial charge in [0.15, 0.2) is 10.9 Å². The van der Waals surface area contributed by atoms with Gasteiger partial charge < -0.3 is 9.84 Å². The van der Waals surface area contributed by atoms with Crippen molar-refractivity contribution in [3.05, 3.63) is 94.4 Å². The number of aromatic nitrogens is 3. The molecule has 1 aliphatic heterocycles. The molecular formula is C31H27ClN4O4S. The molecule has 10 heteroatoms. The first-order valence-corrected chi connectivity index (χ1v) is 14.5. The van der Waals surface area contributed by atoms with Crippen LogP contribution in [0.5, 0.6) is 5.75 Å². The number of fused-ring (bicyclic) bond motifs is 2. The number of aryl methyl sites for hydroxylation is 1. The highest BCUT2D eigenvalue weighted by Gasteiger charge is 2.48. The highest BCUT2D eigenvalue weighted by Crippen LogP contribution is 2.45. The van der Waals surface area contributed by atoms with Crippen LogP contribution in [0, 0.1) is 12.8 Å². The molecule has 208 valence electrons. The largest absolute Gasteiger partial charge is 0.505 e. The van der Waals surface area contributed by atoms with Crippen molar-refractivity contribution in [1.29, 1.82) is 0 Å². The third-order valence-corrected chi connectivity index (χ3v) is 8.31. The third kappa shape index (κ3) is 4.85. The van der Waals surface area contributed by atoms with Crippen LogP contribution in [0.1, 0.15) is 43.3 Å². The fourth-order valence-corrected chi connectivity index (χ4v) is 6.32. The first kappa shape index (κ1) is 27.0. The van der Waals surface area contributed by atoms with Gasteiger partial charge in [0.2, 0.25) is 0 Å². The molecule has 8 nitrogen and oxygen atoms in total. The molecule has 0 saturated carbocycles. The van der Waals surface area contributed by atoms with Gasteiger partial charge in [0.05, 0.1) is 34.1 Å². The smallest absolute Gasteiger partial charge is 0.301 e. The van der Waals surface area contributed by atoms with E-state index in [2.05, 4.69) is 23.8 Å². The number of hydrogen-bond acceptors (Lipinski definition) is 7. The number of hydrogen-bond donors (Lipinski definition) is 1. The first-order chi connectivity index (χ1) is 19.7. The lowest BCUT2D eigenvalue weighted by atomic mass is 9.96. The molecule has 6 rings (SSSR count). The number of nitrogens with zero attached hydrogens (tertiary/aromatic N) is 4. The normalized spacial score (nSPS) is 16.9. The van der Waals surface area contributed by atoms with Crippen molar-refractivity contribution in [2.75, 3.05) is 11.5 Å². The van der Waals surface area contributed by atoms with Crippen molar-refractivity contribution in [1.82, 2.24) is 14.4 Å². The molecule has 4 heterocycles. The number of aliphatic hydroxyl groups is 1. The number of benzene rings is 2. The van der Waals surface area contributed by atoms with Crippen molar-refractivity contribution < 1.29 is 19.4 Å². The van der Waals surface area contributed by atoms with Gasteiger partial charge in [0.1, 0.15) is 17.1 Å². The number of ketones is 1. The van der Waals surface area contributed by atoms with Gasteiger partial charge >= 0.3 is 5.91 Å². The maximum Gasteiger partial charge on any atom is 0.301 e. The fourth-order valence-electron chi connectivity index (χ4n) is 5.05. The number of halogens is 1. The van der Waals surface area contributed by atoms with E-state index in [0.29, 0.717) is 56.5 Å². The Morgan fingerprint density at radius 1 is 1.10 bits per heavy atom. The number of imidazole rings is 1. The monoisotopic (exact) mass is 586 g/mol. The molecule has 2 aromatic carbocycles. The summed E-state index contributed by atoms with van der Waals surface area (Å²) >= 11 is 7.46. The summed E-state index contributed by atoms with van der Waals surface area (Å²) in [4.78, 5) is 38.0.